The van der Waals surface area contributed by atoms with E-state index in [1.165, 1.54) is 11.9 Å². The minimum atomic E-state index is -1.39. The highest BCUT2D eigenvalue weighted by atomic mass is 16.4. The number of carbonyl (C=O) groups excluding carboxylic acids is 1. The zero-order chi connectivity index (χ0) is 13.3. The van der Waals surface area contributed by atoms with Crippen LogP contribution in [0.4, 0.5) is 0 Å². The van der Waals surface area contributed by atoms with Gasteiger partial charge < -0.3 is 15.1 Å². The van der Waals surface area contributed by atoms with Crippen LogP contribution < -0.4 is 0 Å². The Labute approximate surface area is 104 Å². The van der Waals surface area contributed by atoms with Gasteiger partial charge in [-0.25, -0.2) is 4.79 Å². The van der Waals surface area contributed by atoms with Gasteiger partial charge in [0.25, 0.3) is 5.91 Å². The number of aliphatic hydroxyl groups excluding tert-OH is 1. The van der Waals surface area contributed by atoms with Gasteiger partial charge in [0.05, 0.1) is 6.04 Å². The van der Waals surface area contributed by atoms with Crippen LogP contribution in [-0.4, -0.2) is 40.1 Å². The van der Waals surface area contributed by atoms with Crippen LogP contribution in [0.15, 0.2) is 41.7 Å². The van der Waals surface area contributed by atoms with Crippen LogP contribution in [0, 0.1) is 0 Å². The van der Waals surface area contributed by atoms with E-state index < -0.39 is 23.5 Å². The second-order valence-electron chi connectivity index (χ2n) is 4.19. The zero-order valence-electron chi connectivity index (χ0n) is 9.83. The third kappa shape index (κ3) is 1.95. The molecular formula is C13H13NO4. The minimum Gasteiger partial charge on any atom is -0.509 e. The van der Waals surface area contributed by atoms with Crippen LogP contribution in [0.3, 0.4) is 0 Å². The van der Waals surface area contributed by atoms with Crippen molar-refractivity contribution in [3.63, 3.8) is 0 Å². The summed E-state index contributed by atoms with van der Waals surface area (Å²) in [5, 5.41) is 18.7. The van der Waals surface area contributed by atoms with E-state index in [0.29, 0.717) is 6.42 Å². The summed E-state index contributed by atoms with van der Waals surface area (Å²) >= 11 is 0. The fourth-order valence-corrected chi connectivity index (χ4v) is 2.05. The van der Waals surface area contributed by atoms with E-state index in [1.54, 1.807) is 0 Å². The summed E-state index contributed by atoms with van der Waals surface area (Å²) in [5.74, 6) is -2.40. The Balaban J connectivity index is 2.29. The number of carbonyl (C=O) groups is 2. The van der Waals surface area contributed by atoms with E-state index >= 15 is 0 Å². The van der Waals surface area contributed by atoms with Gasteiger partial charge in [0.2, 0.25) is 0 Å². The molecule has 0 radical (unpaired) electrons. The lowest BCUT2D eigenvalue weighted by atomic mass is 10.0. The van der Waals surface area contributed by atoms with Crippen molar-refractivity contribution < 1.29 is 19.8 Å². The number of carboxylic acids is 1. The van der Waals surface area contributed by atoms with Crippen LogP contribution in [-0.2, 0) is 16.0 Å². The zero-order valence-corrected chi connectivity index (χ0v) is 9.83. The van der Waals surface area contributed by atoms with Crippen molar-refractivity contribution in [2.75, 3.05) is 7.05 Å². The summed E-state index contributed by atoms with van der Waals surface area (Å²) in [7, 11) is 1.49. The number of hydrogen-bond donors (Lipinski definition) is 2. The summed E-state index contributed by atoms with van der Waals surface area (Å²) in [6.45, 7) is 0. The number of aliphatic hydroxyl groups is 1. The Bertz CT molecular complexity index is 521. The predicted octanol–water partition coefficient (Wildman–Crippen LogP) is 0.966. The summed E-state index contributed by atoms with van der Waals surface area (Å²) in [5.41, 5.74) is 0.402. The number of hydrogen-bond acceptors (Lipinski definition) is 3. The average molecular weight is 247 g/mol. The second-order valence-corrected chi connectivity index (χ2v) is 4.19. The van der Waals surface area contributed by atoms with E-state index in [0.717, 1.165) is 5.56 Å². The molecule has 0 saturated carbocycles. The molecule has 1 atom stereocenters. The van der Waals surface area contributed by atoms with Gasteiger partial charge in [0.1, 0.15) is 5.76 Å². The second kappa shape index (κ2) is 4.52. The third-order valence-electron chi connectivity index (χ3n) is 3.06. The van der Waals surface area contributed by atoms with Gasteiger partial charge in [-0.1, -0.05) is 30.3 Å². The Morgan fingerprint density at radius 1 is 1.33 bits per heavy atom. The molecule has 0 aliphatic carbocycles. The first-order chi connectivity index (χ1) is 8.52. The number of amides is 1. The highest BCUT2D eigenvalue weighted by Crippen LogP contribution is 2.25. The lowest BCUT2D eigenvalue weighted by molar-refractivity contribution is -0.136. The molecule has 18 heavy (non-hydrogen) atoms. The molecule has 1 amide bonds. The summed E-state index contributed by atoms with van der Waals surface area (Å²) in [6, 6.07) is 8.70. The van der Waals surface area contributed by atoms with Crippen LogP contribution >= 0.6 is 0 Å². The van der Waals surface area contributed by atoms with Crippen molar-refractivity contribution in [1.29, 1.82) is 0 Å². The van der Waals surface area contributed by atoms with Crippen LogP contribution in [0.5, 0.6) is 0 Å². The number of benzene rings is 1. The Morgan fingerprint density at radius 3 is 2.44 bits per heavy atom. The molecule has 1 aliphatic heterocycles. The van der Waals surface area contributed by atoms with Gasteiger partial charge in [-0.2, -0.15) is 0 Å². The van der Waals surface area contributed by atoms with Crippen molar-refractivity contribution in [1.82, 2.24) is 4.90 Å². The maximum atomic E-state index is 11.7. The minimum absolute atomic E-state index is 0.362. The van der Waals surface area contributed by atoms with E-state index in [2.05, 4.69) is 0 Å². The van der Waals surface area contributed by atoms with E-state index in [1.807, 2.05) is 30.3 Å². The molecule has 0 bridgehead atoms. The highest BCUT2D eigenvalue weighted by molar-refractivity contribution is 6.17. The fourth-order valence-electron chi connectivity index (χ4n) is 2.05. The quantitative estimate of drug-likeness (QED) is 0.780. The van der Waals surface area contributed by atoms with Crippen molar-refractivity contribution in [3.05, 3.63) is 47.2 Å². The lowest BCUT2D eigenvalue weighted by Crippen LogP contribution is -2.33. The van der Waals surface area contributed by atoms with Crippen molar-refractivity contribution in [2.45, 2.75) is 12.5 Å². The summed E-state index contributed by atoms with van der Waals surface area (Å²) in [4.78, 5) is 23.8. The topological polar surface area (TPSA) is 77.8 Å². The van der Waals surface area contributed by atoms with Crippen molar-refractivity contribution in [2.24, 2.45) is 0 Å². The largest absolute Gasteiger partial charge is 0.509 e. The molecule has 0 fully saturated rings. The van der Waals surface area contributed by atoms with E-state index in [9.17, 15) is 14.7 Å². The van der Waals surface area contributed by atoms with E-state index in [4.69, 9.17) is 5.11 Å². The van der Waals surface area contributed by atoms with Gasteiger partial charge in [-0.15, -0.1) is 0 Å². The van der Waals surface area contributed by atoms with Gasteiger partial charge in [0.15, 0.2) is 5.57 Å². The standard InChI is InChI=1S/C13H13NO4/c1-14-9(7-8-5-3-2-4-6-8)11(15)10(12(14)16)13(17)18/h2-6,9,15H,7H2,1H3,(H,17,18). The number of likely N-dealkylation sites (N-methyl/N-ethyl adjacent to an activating group) is 1. The predicted molar refractivity (Wildman–Crippen MR) is 64.0 cm³/mol. The Morgan fingerprint density at radius 2 is 1.94 bits per heavy atom. The maximum absolute atomic E-state index is 11.7. The van der Waals surface area contributed by atoms with E-state index in [-0.39, 0.29) is 5.76 Å². The monoisotopic (exact) mass is 247 g/mol. The van der Waals surface area contributed by atoms with Gasteiger partial charge in [-0.05, 0) is 5.56 Å². The molecular weight excluding hydrogens is 234 g/mol. The van der Waals surface area contributed by atoms with Crippen LogP contribution in [0.1, 0.15) is 5.56 Å². The van der Waals surface area contributed by atoms with Crippen LogP contribution in [0.2, 0.25) is 0 Å². The average Bonchev–Trinajstić information content (AvgIpc) is 2.55. The number of aliphatic carboxylic acids is 1. The number of rotatable bonds is 3. The van der Waals surface area contributed by atoms with Gasteiger partial charge in [0, 0.05) is 13.5 Å². The SMILES string of the molecule is CN1C(=O)C(C(=O)O)=C(O)C1Cc1ccccc1. The molecule has 2 rings (SSSR count). The molecule has 0 saturated heterocycles. The lowest BCUT2D eigenvalue weighted by Gasteiger charge is -2.20. The fraction of sp³-hybridized carbons (Fsp3) is 0.231. The first-order valence-corrected chi connectivity index (χ1v) is 5.50. The molecule has 2 N–H and O–H groups in total. The normalized spacial score (nSPS) is 19.5. The van der Waals surface area contributed by atoms with Crippen molar-refractivity contribution >= 4 is 11.9 Å². The molecule has 5 heteroatoms. The number of nitrogens with zero attached hydrogens (tertiary/aromatic N) is 1. The highest BCUT2D eigenvalue weighted by Gasteiger charge is 2.40. The Kier molecular flexibility index (Phi) is 3.06. The molecule has 0 spiro atoms. The molecule has 94 valence electrons. The summed E-state index contributed by atoms with van der Waals surface area (Å²) in [6.07, 6.45) is 0.395. The van der Waals surface area contributed by atoms with Gasteiger partial charge in [-0.3, -0.25) is 4.79 Å². The maximum Gasteiger partial charge on any atom is 0.344 e. The smallest absolute Gasteiger partial charge is 0.344 e. The van der Waals surface area contributed by atoms with Crippen molar-refractivity contribution in [3.8, 4) is 0 Å². The molecule has 0 aromatic heterocycles. The Hall–Kier alpha value is -2.30. The molecule has 1 aromatic rings. The first kappa shape index (κ1) is 12.2. The number of carboxylic acid groups (broad SMARTS) is 1. The molecule has 1 aromatic carbocycles. The molecule has 1 heterocycles. The molecule has 1 unspecified atom stereocenters. The third-order valence-corrected chi connectivity index (χ3v) is 3.06. The molecule has 1 aliphatic rings. The molecule has 5 nitrogen and oxygen atoms in total. The van der Waals surface area contributed by atoms with Crippen LogP contribution in [0.25, 0.3) is 0 Å². The van der Waals surface area contributed by atoms with Gasteiger partial charge >= 0.3 is 5.97 Å². The first-order valence-electron chi connectivity index (χ1n) is 5.50. The summed E-state index contributed by atoms with van der Waals surface area (Å²) < 4.78 is 0.